The molecular weight excluding hydrogens is 443 g/mol. The lowest BCUT2D eigenvalue weighted by atomic mass is 10.2. The summed E-state index contributed by atoms with van der Waals surface area (Å²) in [6, 6.07) is 8.55. The van der Waals surface area contributed by atoms with E-state index >= 15 is 0 Å². The van der Waals surface area contributed by atoms with Gasteiger partial charge in [0.25, 0.3) is 15.9 Å². The summed E-state index contributed by atoms with van der Waals surface area (Å²) in [6.07, 6.45) is 3.98. The molecule has 2 heterocycles. The Hall–Kier alpha value is -2.01. The number of aromatic nitrogens is 1. The van der Waals surface area contributed by atoms with Crippen molar-refractivity contribution in [3.8, 4) is 0 Å². The second-order valence-electron chi connectivity index (χ2n) is 5.05. The molecule has 124 valence electrons. The maximum absolute atomic E-state index is 12.3. The van der Waals surface area contributed by atoms with Crippen LogP contribution in [0.3, 0.4) is 0 Å². The fourth-order valence-electron chi connectivity index (χ4n) is 2.17. The number of pyridine rings is 1. The maximum atomic E-state index is 12.3. The smallest absolute Gasteiger partial charge is 0.287 e. The van der Waals surface area contributed by atoms with Crippen molar-refractivity contribution in [1.29, 1.82) is 0 Å². The fraction of sp³-hybridized carbons (Fsp3) is 0.133. The van der Waals surface area contributed by atoms with Gasteiger partial charge in [-0.15, -0.1) is 0 Å². The van der Waals surface area contributed by atoms with E-state index in [1.807, 2.05) is 34.7 Å². The quantitative estimate of drug-likeness (QED) is 0.679. The Morgan fingerprint density at radius 1 is 1.29 bits per heavy atom. The number of sulfonamides is 1. The third-order valence-electron chi connectivity index (χ3n) is 3.31. The van der Waals surface area contributed by atoms with Crippen LogP contribution in [0.25, 0.3) is 0 Å². The van der Waals surface area contributed by atoms with Crippen LogP contribution >= 0.6 is 22.6 Å². The third-order valence-corrected chi connectivity index (χ3v) is 5.35. The van der Waals surface area contributed by atoms with Crippen LogP contribution in [-0.4, -0.2) is 31.7 Å². The zero-order valence-corrected chi connectivity index (χ0v) is 15.3. The van der Waals surface area contributed by atoms with Crippen molar-refractivity contribution in [3.05, 3.63) is 51.9 Å². The summed E-state index contributed by atoms with van der Waals surface area (Å²) in [4.78, 5) is 20.3. The molecule has 2 N–H and O–H groups in total. The normalized spacial score (nSPS) is 15.0. The molecule has 0 atom stereocenters. The molecule has 0 spiro atoms. The van der Waals surface area contributed by atoms with Gasteiger partial charge in [-0.3, -0.25) is 14.5 Å². The number of hydrogen-bond donors (Lipinski definition) is 2. The molecule has 0 fully saturated rings. The maximum Gasteiger partial charge on any atom is 0.287 e. The fourth-order valence-corrected chi connectivity index (χ4v) is 4.04. The van der Waals surface area contributed by atoms with E-state index in [1.54, 1.807) is 24.5 Å². The lowest BCUT2D eigenvalue weighted by Gasteiger charge is -2.17. The first-order chi connectivity index (χ1) is 11.5. The van der Waals surface area contributed by atoms with Gasteiger partial charge in [0.05, 0.1) is 5.69 Å². The number of halogens is 1. The number of benzene rings is 1. The van der Waals surface area contributed by atoms with E-state index in [1.165, 1.54) is 6.07 Å². The molecule has 3 rings (SSSR count). The number of hydrogen-bond acceptors (Lipinski definition) is 5. The summed E-state index contributed by atoms with van der Waals surface area (Å²) >= 11 is 2.02. The first-order valence-corrected chi connectivity index (χ1v) is 9.60. The van der Waals surface area contributed by atoms with Gasteiger partial charge < -0.3 is 5.32 Å². The van der Waals surface area contributed by atoms with E-state index in [2.05, 4.69) is 20.0 Å². The zero-order valence-electron chi connectivity index (χ0n) is 12.4. The topological polar surface area (TPSA) is 101 Å². The molecular formula is C15H13IN4O3S. The van der Waals surface area contributed by atoms with Gasteiger partial charge in [-0.1, -0.05) is 6.07 Å². The standard InChI is InChI=1S/C15H13IN4O3S/c16-11-3-4-12-13(8-11)24(22,23)20-14(19-12)15(21)18-7-5-10-2-1-6-17-9-10/h1-4,6,8-9H,5,7H2,(H,18,21)(H,19,20). The predicted molar refractivity (Wildman–Crippen MR) is 97.5 cm³/mol. The van der Waals surface area contributed by atoms with Gasteiger partial charge in [-0.25, -0.2) is 13.4 Å². The van der Waals surface area contributed by atoms with Crippen molar-refractivity contribution in [2.75, 3.05) is 6.54 Å². The van der Waals surface area contributed by atoms with Crippen LogP contribution in [0.15, 0.2) is 52.6 Å². The van der Waals surface area contributed by atoms with Gasteiger partial charge in [-0.05, 0) is 58.8 Å². The molecule has 24 heavy (non-hydrogen) atoms. The van der Waals surface area contributed by atoms with Crippen molar-refractivity contribution in [2.24, 2.45) is 4.99 Å². The summed E-state index contributed by atoms with van der Waals surface area (Å²) in [7, 11) is -3.79. The third kappa shape index (κ3) is 3.73. The number of carbonyl (C=O) groups excluding carboxylic acids is 1. The molecule has 0 aliphatic carbocycles. The highest BCUT2D eigenvalue weighted by Crippen LogP contribution is 2.28. The number of aliphatic imine (C=N–C) groups is 1. The van der Waals surface area contributed by atoms with Crippen LogP contribution in [0, 0.1) is 3.57 Å². The summed E-state index contributed by atoms with van der Waals surface area (Å²) in [6.45, 7) is 0.352. The van der Waals surface area contributed by atoms with Gasteiger partial charge in [0.1, 0.15) is 4.90 Å². The van der Waals surface area contributed by atoms with Gasteiger partial charge in [0, 0.05) is 22.5 Å². The molecule has 1 aliphatic heterocycles. The number of amidine groups is 1. The Kier molecular flexibility index (Phi) is 4.81. The van der Waals surface area contributed by atoms with E-state index < -0.39 is 15.9 Å². The van der Waals surface area contributed by atoms with Crippen molar-refractivity contribution in [1.82, 2.24) is 15.0 Å². The molecule has 0 bridgehead atoms. The summed E-state index contributed by atoms with van der Waals surface area (Å²) in [5.74, 6) is -0.790. The van der Waals surface area contributed by atoms with E-state index in [9.17, 15) is 13.2 Å². The van der Waals surface area contributed by atoms with Crippen molar-refractivity contribution in [2.45, 2.75) is 11.3 Å². The Labute approximate surface area is 152 Å². The molecule has 1 aromatic carbocycles. The van der Waals surface area contributed by atoms with Crippen LogP contribution in [-0.2, 0) is 21.2 Å². The molecule has 1 amide bonds. The Morgan fingerprint density at radius 2 is 2.12 bits per heavy atom. The minimum Gasteiger partial charge on any atom is -0.349 e. The molecule has 7 nitrogen and oxygen atoms in total. The number of amides is 1. The Morgan fingerprint density at radius 3 is 2.88 bits per heavy atom. The van der Waals surface area contributed by atoms with E-state index in [-0.39, 0.29) is 16.4 Å². The van der Waals surface area contributed by atoms with Gasteiger partial charge in [0.15, 0.2) is 0 Å². The van der Waals surface area contributed by atoms with Crippen LogP contribution in [0.1, 0.15) is 5.56 Å². The monoisotopic (exact) mass is 456 g/mol. The number of fused-ring (bicyclic) bond motifs is 1. The van der Waals surface area contributed by atoms with E-state index in [4.69, 9.17) is 0 Å². The minimum atomic E-state index is -3.79. The molecule has 0 saturated carbocycles. The molecule has 2 aromatic rings. The molecule has 0 radical (unpaired) electrons. The number of nitrogens with one attached hydrogen (secondary N) is 2. The number of nitrogens with zero attached hydrogens (tertiary/aromatic N) is 2. The van der Waals surface area contributed by atoms with Crippen molar-refractivity contribution in [3.63, 3.8) is 0 Å². The Balaban J connectivity index is 1.73. The summed E-state index contributed by atoms with van der Waals surface area (Å²) in [5, 5.41) is 2.65. The highest BCUT2D eigenvalue weighted by molar-refractivity contribution is 14.1. The van der Waals surface area contributed by atoms with E-state index in [0.717, 1.165) is 9.13 Å². The highest BCUT2D eigenvalue weighted by Gasteiger charge is 2.28. The molecule has 9 heteroatoms. The first kappa shape index (κ1) is 16.8. The van der Waals surface area contributed by atoms with Crippen molar-refractivity contribution < 1.29 is 13.2 Å². The van der Waals surface area contributed by atoms with Crippen LogP contribution < -0.4 is 10.0 Å². The minimum absolute atomic E-state index is 0.0707. The lowest BCUT2D eigenvalue weighted by molar-refractivity contribution is -0.114. The summed E-state index contributed by atoms with van der Waals surface area (Å²) in [5.41, 5.74) is 1.23. The highest BCUT2D eigenvalue weighted by atomic mass is 127. The summed E-state index contributed by atoms with van der Waals surface area (Å²) < 4.78 is 27.5. The SMILES string of the molecule is O=C(NCCc1cccnc1)C1=Nc2ccc(I)cc2S(=O)(=O)N1. The Bertz CT molecular complexity index is 914. The van der Waals surface area contributed by atoms with Gasteiger partial charge in [-0.2, -0.15) is 0 Å². The first-order valence-electron chi connectivity index (χ1n) is 7.04. The second-order valence-corrected chi connectivity index (χ2v) is 7.94. The second kappa shape index (κ2) is 6.85. The number of rotatable bonds is 4. The van der Waals surface area contributed by atoms with E-state index in [0.29, 0.717) is 13.0 Å². The number of carbonyl (C=O) groups is 1. The van der Waals surface area contributed by atoms with Crippen LogP contribution in [0.4, 0.5) is 5.69 Å². The molecule has 1 aliphatic rings. The van der Waals surface area contributed by atoms with Gasteiger partial charge in [0.2, 0.25) is 5.84 Å². The lowest BCUT2D eigenvalue weighted by Crippen LogP contribution is -2.44. The average Bonchev–Trinajstić information content (AvgIpc) is 2.56. The average molecular weight is 456 g/mol. The molecule has 0 saturated heterocycles. The molecule has 0 unspecified atom stereocenters. The largest absolute Gasteiger partial charge is 0.349 e. The van der Waals surface area contributed by atoms with Gasteiger partial charge >= 0.3 is 0 Å². The zero-order chi connectivity index (χ0) is 17.2. The van der Waals surface area contributed by atoms with Crippen molar-refractivity contribution >= 4 is 50.0 Å². The predicted octanol–water partition coefficient (Wildman–Crippen LogP) is 1.37. The van der Waals surface area contributed by atoms with Crippen LogP contribution in [0.2, 0.25) is 0 Å². The molecule has 1 aromatic heterocycles. The van der Waals surface area contributed by atoms with Crippen LogP contribution in [0.5, 0.6) is 0 Å².